The lowest BCUT2D eigenvalue weighted by atomic mass is 10.1. The third-order valence-electron chi connectivity index (χ3n) is 5.57. The Morgan fingerprint density at radius 1 is 1.12 bits per heavy atom. The molecule has 0 aliphatic rings. The van der Waals surface area contributed by atoms with Crippen molar-refractivity contribution in [2.45, 2.75) is 38.8 Å². The Balaban J connectivity index is 1.63. The van der Waals surface area contributed by atoms with Crippen molar-refractivity contribution in [3.63, 3.8) is 0 Å². The summed E-state index contributed by atoms with van der Waals surface area (Å²) >= 11 is 0. The van der Waals surface area contributed by atoms with Crippen LogP contribution in [-0.4, -0.2) is 51.2 Å². The summed E-state index contributed by atoms with van der Waals surface area (Å²) < 4.78 is 53.6. The number of phosphoric acid groups is 1. The summed E-state index contributed by atoms with van der Waals surface area (Å²) in [6, 6.07) is 13.4. The molecule has 0 saturated heterocycles. The first-order chi connectivity index (χ1) is 19.0. The van der Waals surface area contributed by atoms with Gasteiger partial charge in [0.15, 0.2) is 23.2 Å². The van der Waals surface area contributed by atoms with Gasteiger partial charge in [-0.3, -0.25) is 19.6 Å². The third kappa shape index (κ3) is 9.81. The monoisotopic (exact) mass is 582 g/mol. The summed E-state index contributed by atoms with van der Waals surface area (Å²) in [6.07, 6.45) is -0.140. The van der Waals surface area contributed by atoms with E-state index in [1.165, 1.54) is 25.1 Å². The highest BCUT2D eigenvalue weighted by molar-refractivity contribution is 7.46. The molecule has 216 valence electrons. The number of rotatable bonds is 14. The molecule has 3 aromatic rings. The van der Waals surface area contributed by atoms with Gasteiger partial charge in [0.05, 0.1) is 12.6 Å². The molecule has 3 rings (SSSR count). The molecular weight excluding hydrogens is 553 g/mol. The lowest BCUT2D eigenvalue weighted by Crippen LogP contribution is -2.50. The quantitative estimate of drug-likeness (QED) is 0.122. The Bertz CT molecular complexity index is 1320. The van der Waals surface area contributed by atoms with Crippen LogP contribution >= 0.6 is 7.82 Å². The van der Waals surface area contributed by atoms with Crippen LogP contribution in [0.2, 0.25) is 0 Å². The molecule has 0 spiro atoms. The van der Waals surface area contributed by atoms with Crippen LogP contribution in [0.4, 0.5) is 19.4 Å². The molecule has 1 atom stereocenters. The van der Waals surface area contributed by atoms with Crippen LogP contribution in [0.1, 0.15) is 31.7 Å². The third-order valence-corrected chi connectivity index (χ3v) is 6.09. The second kappa shape index (κ2) is 14.6. The Labute approximate surface area is 228 Å². The van der Waals surface area contributed by atoms with Crippen molar-refractivity contribution in [3.05, 3.63) is 71.8 Å². The van der Waals surface area contributed by atoms with E-state index in [1.807, 2.05) is 18.2 Å². The van der Waals surface area contributed by atoms with E-state index in [1.54, 1.807) is 12.1 Å². The summed E-state index contributed by atoms with van der Waals surface area (Å²) in [6.45, 7) is 0.441. The molecule has 0 fully saturated rings. The van der Waals surface area contributed by atoms with Gasteiger partial charge in [-0.2, -0.15) is 0 Å². The number of nitrogens with zero attached hydrogens (tertiary/aromatic N) is 2. The van der Waals surface area contributed by atoms with Gasteiger partial charge in [-0.1, -0.05) is 47.6 Å². The van der Waals surface area contributed by atoms with Gasteiger partial charge < -0.3 is 19.0 Å². The maximum Gasteiger partial charge on any atom is 0.469 e. The first kappa shape index (κ1) is 30.9. The molecular formula is C25H29F2N4O8P. The molecule has 2 amide bonds. The molecule has 0 unspecified atom stereocenters. The average Bonchev–Trinajstić information content (AvgIpc) is 3.37. The number of hydrogen-bond donors (Lipinski definition) is 4. The van der Waals surface area contributed by atoms with E-state index in [0.717, 1.165) is 16.6 Å². The summed E-state index contributed by atoms with van der Waals surface area (Å²) in [5.74, 6) is -2.09. The average molecular weight is 582 g/mol. The number of carbonyl (C=O) groups excluding carboxylic acids is 2. The largest absolute Gasteiger partial charge is 0.469 e. The van der Waals surface area contributed by atoms with Crippen LogP contribution in [0, 0.1) is 11.6 Å². The number of hydrogen-bond acceptors (Lipinski definition) is 8. The van der Waals surface area contributed by atoms with Crippen LogP contribution in [0.25, 0.3) is 11.3 Å². The molecule has 40 heavy (non-hydrogen) atoms. The van der Waals surface area contributed by atoms with Gasteiger partial charge in [-0.25, -0.2) is 23.6 Å². The molecule has 0 radical (unpaired) electrons. The van der Waals surface area contributed by atoms with Gasteiger partial charge >= 0.3 is 13.9 Å². The second-order valence-electron chi connectivity index (χ2n) is 8.58. The summed E-state index contributed by atoms with van der Waals surface area (Å²) in [5.41, 5.74) is 3.46. The van der Waals surface area contributed by atoms with Gasteiger partial charge in [0.1, 0.15) is 6.61 Å². The fourth-order valence-electron chi connectivity index (χ4n) is 3.69. The number of amides is 2. The van der Waals surface area contributed by atoms with Crippen LogP contribution in [0.15, 0.2) is 59.1 Å². The van der Waals surface area contributed by atoms with Gasteiger partial charge in [0, 0.05) is 30.7 Å². The molecule has 4 N–H and O–H groups in total. The molecule has 15 heteroatoms. The van der Waals surface area contributed by atoms with E-state index in [-0.39, 0.29) is 44.0 Å². The molecule has 0 aliphatic heterocycles. The highest BCUT2D eigenvalue weighted by Crippen LogP contribution is 2.35. The number of benzene rings is 2. The molecule has 0 aliphatic carbocycles. The Morgan fingerprint density at radius 3 is 2.58 bits per heavy atom. The van der Waals surface area contributed by atoms with Crippen LogP contribution in [0.3, 0.4) is 0 Å². The SMILES string of the molecule is CC(=O)N(NCc1cccc(F)c1F)[C@@H](CCCCOP(=O)(O)O)COC(=O)Nc1cc(-c2ccccc2)on1. The normalized spacial score (nSPS) is 12.1. The zero-order chi connectivity index (χ0) is 29.1. The second-order valence-corrected chi connectivity index (χ2v) is 9.82. The summed E-state index contributed by atoms with van der Waals surface area (Å²) in [7, 11) is -4.63. The van der Waals surface area contributed by atoms with E-state index >= 15 is 0 Å². The highest BCUT2D eigenvalue weighted by atomic mass is 31.2. The fraction of sp³-hybridized carbons (Fsp3) is 0.320. The van der Waals surface area contributed by atoms with Crippen molar-refractivity contribution in [1.29, 1.82) is 0 Å². The minimum Gasteiger partial charge on any atom is -0.447 e. The van der Waals surface area contributed by atoms with Gasteiger partial charge in [-0.15, -0.1) is 0 Å². The molecule has 1 aromatic heterocycles. The first-order valence-corrected chi connectivity index (χ1v) is 13.7. The lowest BCUT2D eigenvalue weighted by Gasteiger charge is -2.31. The zero-order valence-corrected chi connectivity index (χ0v) is 22.4. The van der Waals surface area contributed by atoms with Crippen LogP contribution in [0.5, 0.6) is 0 Å². The van der Waals surface area contributed by atoms with E-state index < -0.39 is 37.5 Å². The molecule has 1 heterocycles. The standard InChI is InChI=1S/C25H29F2N4O8P/c1-17(32)31(28-15-19-10-7-12-21(26)24(19)27)20(11-5-6-13-38-40(34,35)36)16-37-25(33)29-23-14-22(39-30-23)18-8-3-2-4-9-18/h2-4,7-10,12,14,20,28H,5-6,11,13,15-16H2,1H3,(H,29,30,33)(H2,34,35,36)/t20-/m0/s1. The number of halogens is 2. The number of unbranched alkanes of at least 4 members (excludes halogenated alkanes) is 1. The molecule has 12 nitrogen and oxygen atoms in total. The Hall–Kier alpha value is -3.68. The Kier molecular flexibility index (Phi) is 11.3. The molecule has 0 bridgehead atoms. The Morgan fingerprint density at radius 2 is 1.88 bits per heavy atom. The number of hydrazine groups is 1. The number of ether oxygens (including phenoxy) is 1. The fourth-order valence-corrected chi connectivity index (χ4v) is 4.06. The van der Waals surface area contributed by atoms with E-state index in [2.05, 4.69) is 20.4 Å². The summed E-state index contributed by atoms with van der Waals surface area (Å²) in [4.78, 5) is 42.6. The predicted molar refractivity (Wildman–Crippen MR) is 138 cm³/mol. The first-order valence-electron chi connectivity index (χ1n) is 12.2. The maximum absolute atomic E-state index is 14.1. The van der Waals surface area contributed by atoms with Crippen LogP contribution < -0.4 is 10.7 Å². The lowest BCUT2D eigenvalue weighted by molar-refractivity contribution is -0.136. The molecule has 2 aromatic carbocycles. The van der Waals surface area contributed by atoms with Gasteiger partial charge in [-0.05, 0) is 25.3 Å². The zero-order valence-electron chi connectivity index (χ0n) is 21.5. The van der Waals surface area contributed by atoms with Gasteiger partial charge in [0.2, 0.25) is 5.91 Å². The van der Waals surface area contributed by atoms with Crippen molar-refractivity contribution in [1.82, 2.24) is 15.6 Å². The predicted octanol–water partition coefficient (Wildman–Crippen LogP) is 4.37. The van der Waals surface area contributed by atoms with Crippen molar-refractivity contribution >= 4 is 25.6 Å². The highest BCUT2D eigenvalue weighted by Gasteiger charge is 2.24. The van der Waals surface area contributed by atoms with Crippen LogP contribution in [-0.2, 0) is 25.2 Å². The number of nitrogens with one attached hydrogen (secondary N) is 2. The van der Waals surface area contributed by atoms with Crippen molar-refractivity contribution in [3.8, 4) is 11.3 Å². The minimum absolute atomic E-state index is 0.0287. The van der Waals surface area contributed by atoms with Crippen molar-refractivity contribution in [2.75, 3.05) is 18.5 Å². The number of phosphoric ester groups is 1. The van der Waals surface area contributed by atoms with Crippen molar-refractivity contribution < 1.29 is 46.5 Å². The van der Waals surface area contributed by atoms with Gasteiger partial charge in [0.25, 0.3) is 0 Å². The molecule has 0 saturated carbocycles. The summed E-state index contributed by atoms with van der Waals surface area (Å²) in [5, 5.41) is 7.35. The van der Waals surface area contributed by atoms with E-state index in [0.29, 0.717) is 12.2 Å². The van der Waals surface area contributed by atoms with Crippen molar-refractivity contribution in [2.24, 2.45) is 0 Å². The van der Waals surface area contributed by atoms with E-state index in [9.17, 15) is 22.9 Å². The number of anilines is 1. The smallest absolute Gasteiger partial charge is 0.447 e. The van der Waals surface area contributed by atoms with E-state index in [4.69, 9.17) is 19.0 Å². The topological polar surface area (TPSA) is 163 Å². The number of carbonyl (C=O) groups is 2. The maximum atomic E-state index is 14.1. The minimum atomic E-state index is -4.63. The number of aromatic nitrogens is 1.